The highest BCUT2D eigenvalue weighted by Crippen LogP contribution is 2.25. The first kappa shape index (κ1) is 23.9. The zero-order valence-corrected chi connectivity index (χ0v) is 17.4. The van der Waals surface area contributed by atoms with Crippen molar-refractivity contribution in [2.75, 3.05) is 40.3 Å². The van der Waals surface area contributed by atoms with Crippen molar-refractivity contribution < 1.29 is 29.0 Å². The molecule has 2 unspecified atom stereocenters. The van der Waals surface area contributed by atoms with Crippen LogP contribution in [0.15, 0.2) is 18.2 Å². The molecule has 0 bridgehead atoms. The lowest BCUT2D eigenvalue weighted by molar-refractivity contribution is -0.892. The molecule has 0 spiro atoms. The summed E-state index contributed by atoms with van der Waals surface area (Å²) < 4.78 is 6.06. The van der Waals surface area contributed by atoms with E-state index in [1.165, 1.54) is 6.92 Å². The fourth-order valence-electron chi connectivity index (χ4n) is 2.64. The number of ether oxygens (including phenoxy) is 1. The lowest BCUT2D eigenvalue weighted by Crippen LogP contribution is -2.50. The van der Waals surface area contributed by atoms with Gasteiger partial charge in [0.2, 0.25) is 5.91 Å². The molecule has 10 heteroatoms. The summed E-state index contributed by atoms with van der Waals surface area (Å²) in [6, 6.07) is 5.44. The van der Waals surface area contributed by atoms with Crippen LogP contribution in [0.25, 0.3) is 0 Å². The number of likely N-dealkylation sites (N-methyl/N-ethyl adjacent to an activating group) is 1. The van der Waals surface area contributed by atoms with Crippen molar-refractivity contribution in [3.8, 4) is 5.75 Å². The van der Waals surface area contributed by atoms with Gasteiger partial charge in [-0.3, -0.25) is 4.79 Å². The van der Waals surface area contributed by atoms with Crippen molar-refractivity contribution >= 4 is 17.5 Å². The van der Waals surface area contributed by atoms with Gasteiger partial charge in [0.25, 0.3) is 5.09 Å². The van der Waals surface area contributed by atoms with Gasteiger partial charge in [-0.15, -0.1) is 10.1 Å². The van der Waals surface area contributed by atoms with Crippen LogP contribution < -0.4 is 10.1 Å². The molecule has 0 aromatic heterocycles. The van der Waals surface area contributed by atoms with E-state index in [-0.39, 0.29) is 18.9 Å². The van der Waals surface area contributed by atoms with Crippen molar-refractivity contribution in [1.29, 1.82) is 0 Å². The second-order valence-corrected chi connectivity index (χ2v) is 7.84. The summed E-state index contributed by atoms with van der Waals surface area (Å²) in [7, 11) is 3.85. The standard InChI is InChI=1S/C18H28ClN3O6/c1-13-5-6-16(19)17(9-13)27-12-15(23)11-22(3,4)8-7-20-18(24)10-14(2)28-21(25)26/h5-6,9,14-15,23H,7-8,10-12H2,1-4H3/p+1. The average Bonchev–Trinajstić information content (AvgIpc) is 2.54. The number of hydrogen-bond acceptors (Lipinski definition) is 6. The first-order valence-corrected chi connectivity index (χ1v) is 9.33. The SMILES string of the molecule is Cc1ccc(Cl)c(OCC(O)C[N+](C)(C)CCNC(=O)CC(C)O[N+](=O)[O-])c1. The van der Waals surface area contributed by atoms with Crippen LogP contribution in [-0.2, 0) is 9.63 Å². The third-order valence-corrected chi connectivity index (χ3v) is 4.31. The van der Waals surface area contributed by atoms with Crippen LogP contribution in [0.5, 0.6) is 5.75 Å². The van der Waals surface area contributed by atoms with Gasteiger partial charge in [-0.2, -0.15) is 0 Å². The molecule has 9 nitrogen and oxygen atoms in total. The number of aryl methyl sites for hydroxylation is 1. The summed E-state index contributed by atoms with van der Waals surface area (Å²) in [5.74, 6) is 0.205. The molecular formula is C18H29ClN3O6+. The van der Waals surface area contributed by atoms with E-state index in [9.17, 15) is 20.0 Å². The molecule has 0 saturated carbocycles. The monoisotopic (exact) mass is 418 g/mol. The number of carbonyl (C=O) groups excluding carboxylic acids is 1. The van der Waals surface area contributed by atoms with Crippen molar-refractivity contribution in [1.82, 2.24) is 5.32 Å². The highest BCUT2D eigenvalue weighted by atomic mass is 35.5. The number of nitrogens with zero attached hydrogens (tertiary/aromatic N) is 2. The quantitative estimate of drug-likeness (QED) is 0.303. The molecule has 0 aliphatic carbocycles. The number of nitrogens with one attached hydrogen (secondary N) is 1. The molecule has 0 heterocycles. The Labute approximate surface area is 169 Å². The first-order chi connectivity index (χ1) is 13.0. The molecule has 0 aliphatic heterocycles. The Morgan fingerprint density at radius 2 is 2.11 bits per heavy atom. The van der Waals surface area contributed by atoms with Gasteiger partial charge in [-0.25, -0.2) is 0 Å². The Kier molecular flexibility index (Phi) is 9.44. The van der Waals surface area contributed by atoms with E-state index in [1.54, 1.807) is 6.07 Å². The summed E-state index contributed by atoms with van der Waals surface area (Å²) in [6.07, 6.45) is -1.61. The molecule has 1 aromatic rings. The van der Waals surface area contributed by atoms with E-state index in [0.717, 1.165) is 5.56 Å². The van der Waals surface area contributed by atoms with Crippen molar-refractivity contribution in [2.24, 2.45) is 0 Å². The van der Waals surface area contributed by atoms with Gasteiger partial charge in [0.1, 0.15) is 31.1 Å². The van der Waals surface area contributed by atoms with Crippen LogP contribution in [0.3, 0.4) is 0 Å². The summed E-state index contributed by atoms with van der Waals surface area (Å²) >= 11 is 6.08. The zero-order valence-electron chi connectivity index (χ0n) is 16.7. The van der Waals surface area contributed by atoms with Gasteiger partial charge in [-0.1, -0.05) is 17.7 Å². The van der Waals surface area contributed by atoms with Crippen LogP contribution in [0.4, 0.5) is 0 Å². The molecule has 0 radical (unpaired) electrons. The summed E-state index contributed by atoms with van der Waals surface area (Å²) in [5.41, 5.74) is 1.01. The fourth-order valence-corrected chi connectivity index (χ4v) is 2.81. The van der Waals surface area contributed by atoms with E-state index in [2.05, 4.69) is 10.2 Å². The van der Waals surface area contributed by atoms with Crippen molar-refractivity contribution in [3.05, 3.63) is 38.9 Å². The van der Waals surface area contributed by atoms with Gasteiger partial charge in [0.15, 0.2) is 0 Å². The van der Waals surface area contributed by atoms with E-state index in [1.807, 2.05) is 33.2 Å². The average molecular weight is 419 g/mol. The second kappa shape index (κ2) is 11.0. The highest BCUT2D eigenvalue weighted by molar-refractivity contribution is 6.32. The number of aliphatic hydroxyl groups excluding tert-OH is 1. The van der Waals surface area contributed by atoms with Gasteiger partial charge in [0.05, 0.1) is 38.6 Å². The number of quaternary nitrogens is 1. The lowest BCUT2D eigenvalue weighted by atomic mass is 10.2. The topological polar surface area (TPSA) is 111 Å². The van der Waals surface area contributed by atoms with Crippen molar-refractivity contribution in [2.45, 2.75) is 32.5 Å². The molecule has 28 heavy (non-hydrogen) atoms. The summed E-state index contributed by atoms with van der Waals surface area (Å²) in [4.78, 5) is 26.3. The minimum atomic E-state index is -0.911. The molecule has 0 fully saturated rings. The minimum Gasteiger partial charge on any atom is -0.489 e. The third kappa shape index (κ3) is 9.72. The number of benzene rings is 1. The number of carbonyl (C=O) groups is 1. The molecular weight excluding hydrogens is 390 g/mol. The van der Waals surface area contributed by atoms with E-state index in [0.29, 0.717) is 34.9 Å². The van der Waals surface area contributed by atoms with Gasteiger partial charge >= 0.3 is 0 Å². The van der Waals surface area contributed by atoms with Crippen molar-refractivity contribution in [3.63, 3.8) is 0 Å². The number of hydrogen-bond donors (Lipinski definition) is 2. The van der Waals surface area contributed by atoms with E-state index in [4.69, 9.17) is 16.3 Å². The van der Waals surface area contributed by atoms with E-state index < -0.39 is 17.3 Å². The largest absolute Gasteiger partial charge is 0.489 e. The predicted molar refractivity (Wildman–Crippen MR) is 105 cm³/mol. The van der Waals surface area contributed by atoms with Crippen LogP contribution in [0.1, 0.15) is 18.9 Å². The lowest BCUT2D eigenvalue weighted by Gasteiger charge is -2.32. The van der Waals surface area contributed by atoms with Crippen LogP contribution >= 0.6 is 11.6 Å². The number of amides is 1. The molecule has 2 N–H and O–H groups in total. The van der Waals surface area contributed by atoms with Gasteiger partial charge in [-0.05, 0) is 31.5 Å². The second-order valence-electron chi connectivity index (χ2n) is 7.43. The Morgan fingerprint density at radius 1 is 1.43 bits per heavy atom. The molecule has 0 saturated heterocycles. The third-order valence-electron chi connectivity index (χ3n) is 4.00. The van der Waals surface area contributed by atoms with E-state index >= 15 is 0 Å². The maximum absolute atomic E-state index is 11.8. The van der Waals surface area contributed by atoms with Gasteiger partial charge < -0.3 is 24.5 Å². The van der Waals surface area contributed by atoms with Crippen LogP contribution in [0.2, 0.25) is 5.02 Å². The molecule has 1 rings (SSSR count). The summed E-state index contributed by atoms with van der Waals surface area (Å²) in [5, 5.41) is 22.8. The highest BCUT2D eigenvalue weighted by Gasteiger charge is 2.22. The van der Waals surface area contributed by atoms with Crippen LogP contribution in [-0.4, -0.2) is 73.1 Å². The minimum absolute atomic E-state index is 0.0951. The van der Waals surface area contributed by atoms with Crippen LogP contribution in [0, 0.1) is 17.0 Å². The Hall–Kier alpha value is -2.10. The molecule has 1 amide bonds. The Balaban J connectivity index is 2.35. The zero-order chi connectivity index (χ0) is 21.3. The Bertz CT molecular complexity index is 671. The molecule has 158 valence electrons. The predicted octanol–water partition coefficient (Wildman–Crippen LogP) is 1.57. The first-order valence-electron chi connectivity index (χ1n) is 8.95. The normalized spacial score (nSPS) is 13.5. The molecule has 2 atom stereocenters. The number of rotatable bonds is 12. The number of halogens is 1. The van der Waals surface area contributed by atoms with Gasteiger partial charge in [0, 0.05) is 0 Å². The Morgan fingerprint density at radius 3 is 2.75 bits per heavy atom. The molecule has 1 aromatic carbocycles. The number of aliphatic hydroxyl groups is 1. The maximum atomic E-state index is 11.8. The smallest absolute Gasteiger partial charge is 0.294 e. The molecule has 0 aliphatic rings. The maximum Gasteiger partial charge on any atom is 0.294 e. The fraction of sp³-hybridized carbons (Fsp3) is 0.611. The summed E-state index contributed by atoms with van der Waals surface area (Å²) in [6.45, 7) is 4.84.